The molecule has 1 saturated heterocycles. The van der Waals surface area contributed by atoms with E-state index in [9.17, 15) is 28.8 Å². The SMILES string of the molecule is CN(CC(=O)N1CC(C(=O)Nc2ccccc2)CC1C#N)C(=O)C(CC1CC1)NC(=O)c1cc(F)c2nn(C3CC3)cc2c1. The first kappa shape index (κ1) is 29.3. The van der Waals surface area contributed by atoms with Crippen LogP contribution in [-0.4, -0.2) is 75.4 Å². The summed E-state index contributed by atoms with van der Waals surface area (Å²) in [4.78, 5) is 55.5. The first-order valence-corrected chi connectivity index (χ1v) is 15.0. The number of fused-ring (bicyclic) bond motifs is 1. The van der Waals surface area contributed by atoms with Crippen molar-refractivity contribution in [1.29, 1.82) is 5.26 Å². The Bertz CT molecular complexity index is 1640. The Balaban J connectivity index is 1.10. The minimum Gasteiger partial charge on any atom is -0.340 e. The highest BCUT2D eigenvalue weighted by atomic mass is 19.1. The molecule has 2 aromatic carbocycles. The average Bonchev–Trinajstić information content (AvgIpc) is 3.94. The lowest BCUT2D eigenvalue weighted by molar-refractivity contribution is -0.140. The second kappa shape index (κ2) is 12.1. The summed E-state index contributed by atoms with van der Waals surface area (Å²) in [5, 5.41) is 20.1. The molecule has 11 nitrogen and oxygen atoms in total. The Hall–Kier alpha value is -4.79. The fraction of sp³-hybridized carbons (Fsp3) is 0.438. The Morgan fingerprint density at radius 1 is 1.14 bits per heavy atom. The van der Waals surface area contributed by atoms with E-state index in [4.69, 9.17) is 0 Å². The van der Waals surface area contributed by atoms with E-state index in [1.807, 2.05) is 6.07 Å². The number of nitriles is 1. The smallest absolute Gasteiger partial charge is 0.252 e. The largest absolute Gasteiger partial charge is 0.340 e. The molecule has 2 saturated carbocycles. The molecule has 3 aromatic rings. The van der Waals surface area contributed by atoms with Crippen molar-refractivity contribution in [2.45, 2.75) is 56.7 Å². The third-order valence-electron chi connectivity index (χ3n) is 8.56. The van der Waals surface area contributed by atoms with Gasteiger partial charge < -0.3 is 20.4 Å². The summed E-state index contributed by atoms with van der Waals surface area (Å²) in [6, 6.07) is 12.3. The monoisotopic (exact) mass is 599 g/mol. The van der Waals surface area contributed by atoms with Crippen LogP contribution in [0.15, 0.2) is 48.7 Å². The molecule has 228 valence electrons. The van der Waals surface area contributed by atoms with Crippen molar-refractivity contribution < 1.29 is 23.6 Å². The number of likely N-dealkylation sites (tertiary alicyclic amines) is 1. The number of hydrogen-bond acceptors (Lipinski definition) is 6. The number of anilines is 1. The van der Waals surface area contributed by atoms with E-state index in [1.165, 1.54) is 16.8 Å². The minimum absolute atomic E-state index is 0.0609. The average molecular weight is 600 g/mol. The second-order valence-corrected chi connectivity index (χ2v) is 12.1. The fourth-order valence-corrected chi connectivity index (χ4v) is 5.75. The molecule has 2 heterocycles. The molecule has 0 radical (unpaired) electrons. The van der Waals surface area contributed by atoms with E-state index in [-0.39, 0.29) is 48.5 Å². The molecule has 1 aliphatic heterocycles. The Morgan fingerprint density at radius 3 is 2.57 bits per heavy atom. The van der Waals surface area contributed by atoms with Crippen molar-refractivity contribution >= 4 is 40.2 Å². The van der Waals surface area contributed by atoms with E-state index in [2.05, 4.69) is 21.8 Å². The van der Waals surface area contributed by atoms with Gasteiger partial charge >= 0.3 is 0 Å². The lowest BCUT2D eigenvalue weighted by Gasteiger charge is -2.27. The van der Waals surface area contributed by atoms with Crippen LogP contribution in [0.5, 0.6) is 0 Å². The Kier molecular flexibility index (Phi) is 8.03. The number of benzene rings is 2. The summed E-state index contributed by atoms with van der Waals surface area (Å²) >= 11 is 0. The topological polar surface area (TPSA) is 140 Å². The number of aromatic nitrogens is 2. The number of carbonyl (C=O) groups excluding carboxylic acids is 4. The van der Waals surface area contributed by atoms with Gasteiger partial charge in [0.1, 0.15) is 17.6 Å². The van der Waals surface area contributed by atoms with Crippen molar-refractivity contribution in [3.05, 3.63) is 60.0 Å². The van der Waals surface area contributed by atoms with Gasteiger partial charge in [-0.3, -0.25) is 23.9 Å². The summed E-state index contributed by atoms with van der Waals surface area (Å²) in [5.41, 5.74) is 0.918. The van der Waals surface area contributed by atoms with Gasteiger partial charge in [0.15, 0.2) is 5.82 Å². The minimum atomic E-state index is -0.907. The molecule has 4 amide bonds. The standard InChI is InChI=1S/C32H34FN7O4/c1-38(18-28(41)39-16-22(13-25(39)15-34)31(43)35-23-5-3-2-4-6-23)32(44)27(11-19-7-8-19)36-30(42)20-12-21-17-40(24-9-10-24)37-29(21)26(33)14-20/h2-6,12,14,17,19,22,24-25,27H,7-11,13,16,18H2,1H3,(H,35,43)(H,36,42). The van der Waals surface area contributed by atoms with Crippen molar-refractivity contribution in [2.75, 3.05) is 25.5 Å². The Morgan fingerprint density at radius 2 is 1.89 bits per heavy atom. The Labute approximate surface area is 254 Å². The number of hydrogen-bond donors (Lipinski definition) is 2. The molecule has 3 atom stereocenters. The van der Waals surface area contributed by atoms with Crippen LogP contribution in [0, 0.1) is 29.0 Å². The summed E-state index contributed by atoms with van der Waals surface area (Å²) in [7, 11) is 1.47. The van der Waals surface area contributed by atoms with E-state index < -0.39 is 41.5 Å². The van der Waals surface area contributed by atoms with Crippen molar-refractivity contribution in [3.63, 3.8) is 0 Å². The summed E-state index contributed by atoms with van der Waals surface area (Å²) in [6.45, 7) is -0.257. The van der Waals surface area contributed by atoms with E-state index in [0.717, 1.165) is 31.7 Å². The van der Waals surface area contributed by atoms with E-state index in [1.54, 1.807) is 41.2 Å². The molecule has 2 N–H and O–H groups in total. The molecule has 12 heteroatoms. The van der Waals surface area contributed by atoms with Crippen LogP contribution in [0.3, 0.4) is 0 Å². The quantitative estimate of drug-likeness (QED) is 0.367. The number of nitrogens with one attached hydrogen (secondary N) is 2. The highest BCUT2D eigenvalue weighted by Crippen LogP contribution is 2.36. The van der Waals surface area contributed by atoms with Gasteiger partial charge in [-0.15, -0.1) is 0 Å². The van der Waals surface area contributed by atoms with Crippen LogP contribution in [0.1, 0.15) is 54.9 Å². The van der Waals surface area contributed by atoms with Gasteiger partial charge in [0.25, 0.3) is 5.91 Å². The molecule has 2 aliphatic carbocycles. The van der Waals surface area contributed by atoms with Crippen molar-refractivity contribution in [1.82, 2.24) is 24.9 Å². The van der Waals surface area contributed by atoms with E-state index >= 15 is 0 Å². The van der Waals surface area contributed by atoms with E-state index in [0.29, 0.717) is 17.5 Å². The second-order valence-electron chi connectivity index (χ2n) is 12.1. The van der Waals surface area contributed by atoms with Gasteiger partial charge in [-0.1, -0.05) is 31.0 Å². The maximum atomic E-state index is 14.9. The molecule has 3 fully saturated rings. The maximum absolute atomic E-state index is 14.9. The van der Waals surface area contributed by atoms with Crippen molar-refractivity contribution in [3.8, 4) is 6.07 Å². The van der Waals surface area contributed by atoms with Crippen LogP contribution in [-0.2, 0) is 14.4 Å². The van der Waals surface area contributed by atoms with Crippen LogP contribution >= 0.6 is 0 Å². The first-order chi connectivity index (χ1) is 21.2. The predicted octanol–water partition coefficient (Wildman–Crippen LogP) is 3.25. The number of rotatable bonds is 10. The molecule has 6 rings (SSSR count). The van der Waals surface area contributed by atoms with Gasteiger partial charge in [-0.2, -0.15) is 10.4 Å². The molecule has 1 aromatic heterocycles. The van der Waals surface area contributed by atoms with Crippen LogP contribution in [0.2, 0.25) is 0 Å². The van der Waals surface area contributed by atoms with Gasteiger partial charge in [-0.05, 0) is 55.9 Å². The predicted molar refractivity (Wildman–Crippen MR) is 158 cm³/mol. The van der Waals surface area contributed by atoms with Crippen molar-refractivity contribution in [2.24, 2.45) is 11.8 Å². The molecule has 44 heavy (non-hydrogen) atoms. The zero-order chi connectivity index (χ0) is 31.0. The van der Waals surface area contributed by atoms with Crippen LogP contribution in [0.25, 0.3) is 10.9 Å². The summed E-state index contributed by atoms with van der Waals surface area (Å²) in [6.07, 6.45) is 6.19. The third kappa shape index (κ3) is 6.41. The summed E-state index contributed by atoms with van der Waals surface area (Å²) < 4.78 is 16.6. The fourth-order valence-electron chi connectivity index (χ4n) is 5.75. The highest BCUT2D eigenvalue weighted by molar-refractivity contribution is 6.01. The number of halogens is 1. The van der Waals surface area contributed by atoms with Crippen LogP contribution < -0.4 is 10.6 Å². The lowest BCUT2D eigenvalue weighted by Crippen LogP contribution is -2.51. The number of para-hydroxylation sites is 1. The lowest BCUT2D eigenvalue weighted by atomic mass is 10.1. The molecule has 3 unspecified atom stereocenters. The third-order valence-corrected chi connectivity index (χ3v) is 8.56. The summed E-state index contributed by atoms with van der Waals surface area (Å²) in [5.74, 6) is -2.67. The maximum Gasteiger partial charge on any atom is 0.252 e. The highest BCUT2D eigenvalue weighted by Gasteiger charge is 2.40. The van der Waals surface area contributed by atoms with Gasteiger partial charge in [0.05, 0.1) is 24.6 Å². The first-order valence-electron chi connectivity index (χ1n) is 15.0. The van der Waals surface area contributed by atoms with Gasteiger partial charge in [0, 0.05) is 36.4 Å². The zero-order valence-corrected chi connectivity index (χ0v) is 24.4. The molecule has 3 aliphatic rings. The van der Waals surface area contributed by atoms with Crippen LogP contribution in [0.4, 0.5) is 10.1 Å². The number of carbonyl (C=O) groups is 4. The number of nitrogens with zero attached hydrogens (tertiary/aromatic N) is 5. The van der Waals surface area contributed by atoms with Gasteiger partial charge in [-0.25, -0.2) is 4.39 Å². The molecular weight excluding hydrogens is 565 g/mol. The number of likely N-dealkylation sites (N-methyl/N-ethyl adjacent to an activating group) is 1. The molecule has 0 bridgehead atoms. The van der Waals surface area contributed by atoms with Gasteiger partial charge in [0.2, 0.25) is 17.7 Å². The normalized spacial score (nSPS) is 20.2. The molecule has 0 spiro atoms. The zero-order valence-electron chi connectivity index (χ0n) is 24.4. The molecular formula is C32H34FN7O4. The number of amides is 4.